The number of carbonyl (C=O) groups excluding carboxylic acids is 2. The van der Waals surface area contributed by atoms with E-state index in [4.69, 9.17) is 16.3 Å². The van der Waals surface area contributed by atoms with Gasteiger partial charge in [-0.05, 0) is 25.1 Å². The van der Waals surface area contributed by atoms with Crippen LogP contribution in [-0.2, 0) is 9.53 Å². The maximum absolute atomic E-state index is 12.9. The number of fused-ring (bicyclic) bond motifs is 1. The van der Waals surface area contributed by atoms with Crippen LogP contribution in [-0.4, -0.2) is 71.3 Å². The Morgan fingerprint density at radius 2 is 2.00 bits per heavy atom. The summed E-state index contributed by atoms with van der Waals surface area (Å²) in [5.74, 6) is -0.249. The highest BCUT2D eigenvalue weighted by Gasteiger charge is 2.24. The van der Waals surface area contributed by atoms with Crippen LogP contribution in [0.2, 0.25) is 5.02 Å². The number of para-hydroxylation sites is 1. The van der Waals surface area contributed by atoms with Crippen molar-refractivity contribution in [2.24, 2.45) is 0 Å². The summed E-state index contributed by atoms with van der Waals surface area (Å²) in [6.45, 7) is 4.16. The summed E-state index contributed by atoms with van der Waals surface area (Å²) in [4.78, 5) is 30.0. The predicted octanol–water partition coefficient (Wildman–Crippen LogP) is 2.98. The lowest BCUT2D eigenvalue weighted by atomic mass is 10.3. The predicted molar refractivity (Wildman–Crippen MR) is 113 cm³/mol. The van der Waals surface area contributed by atoms with E-state index in [2.05, 4.69) is 5.10 Å². The summed E-state index contributed by atoms with van der Waals surface area (Å²) in [5.41, 5.74) is 1.59. The second-order valence-corrected chi connectivity index (χ2v) is 8.37. The van der Waals surface area contributed by atoms with Crippen LogP contribution in [0, 0.1) is 6.92 Å². The molecular formula is C20H21ClN4O3S. The van der Waals surface area contributed by atoms with Gasteiger partial charge in [-0.1, -0.05) is 23.7 Å². The Morgan fingerprint density at radius 1 is 1.28 bits per heavy atom. The van der Waals surface area contributed by atoms with Gasteiger partial charge in [-0.2, -0.15) is 5.10 Å². The Balaban J connectivity index is 1.58. The van der Waals surface area contributed by atoms with Gasteiger partial charge in [-0.3, -0.25) is 9.59 Å². The Labute approximate surface area is 177 Å². The summed E-state index contributed by atoms with van der Waals surface area (Å²) in [5, 5.41) is 6.08. The average molecular weight is 433 g/mol. The van der Waals surface area contributed by atoms with Crippen LogP contribution in [0.3, 0.4) is 0 Å². The molecule has 1 aromatic carbocycles. The topological polar surface area (TPSA) is 67.7 Å². The largest absolute Gasteiger partial charge is 0.378 e. The van der Waals surface area contributed by atoms with Gasteiger partial charge >= 0.3 is 0 Å². The van der Waals surface area contributed by atoms with E-state index in [9.17, 15) is 9.59 Å². The number of likely N-dealkylation sites (N-methyl/N-ethyl adjacent to an activating group) is 1. The molecule has 0 radical (unpaired) electrons. The van der Waals surface area contributed by atoms with E-state index in [1.54, 1.807) is 16.6 Å². The number of ether oxygens (including phenoxy) is 1. The van der Waals surface area contributed by atoms with Crippen molar-refractivity contribution in [2.45, 2.75) is 6.92 Å². The van der Waals surface area contributed by atoms with Gasteiger partial charge in [-0.25, -0.2) is 4.68 Å². The third-order valence-electron chi connectivity index (χ3n) is 4.92. The molecule has 7 nitrogen and oxygen atoms in total. The van der Waals surface area contributed by atoms with E-state index >= 15 is 0 Å². The second kappa shape index (κ2) is 8.14. The second-order valence-electron chi connectivity index (χ2n) is 6.93. The molecule has 0 saturated carbocycles. The lowest BCUT2D eigenvalue weighted by molar-refractivity contribution is -0.135. The Bertz CT molecular complexity index is 1070. The van der Waals surface area contributed by atoms with Crippen LogP contribution >= 0.6 is 22.9 Å². The number of carbonyl (C=O) groups is 2. The van der Waals surface area contributed by atoms with E-state index in [1.165, 1.54) is 16.2 Å². The van der Waals surface area contributed by atoms with E-state index in [0.717, 1.165) is 21.6 Å². The van der Waals surface area contributed by atoms with Crippen molar-refractivity contribution < 1.29 is 14.3 Å². The number of nitrogens with zero attached hydrogens (tertiary/aromatic N) is 4. The van der Waals surface area contributed by atoms with Crippen molar-refractivity contribution in [2.75, 3.05) is 39.9 Å². The van der Waals surface area contributed by atoms with E-state index in [1.807, 2.05) is 37.3 Å². The average Bonchev–Trinajstić information content (AvgIpc) is 3.29. The third kappa shape index (κ3) is 3.88. The van der Waals surface area contributed by atoms with E-state index < -0.39 is 0 Å². The first kappa shape index (κ1) is 19.9. The number of hydrogen-bond donors (Lipinski definition) is 0. The number of halogens is 1. The van der Waals surface area contributed by atoms with Gasteiger partial charge in [-0.15, -0.1) is 11.3 Å². The highest BCUT2D eigenvalue weighted by molar-refractivity contribution is 7.20. The van der Waals surface area contributed by atoms with Gasteiger partial charge in [0.05, 0.1) is 41.0 Å². The number of aryl methyl sites for hydroxylation is 1. The molecule has 0 N–H and O–H groups in total. The zero-order chi connectivity index (χ0) is 20.5. The smallest absolute Gasteiger partial charge is 0.264 e. The Morgan fingerprint density at radius 3 is 2.72 bits per heavy atom. The molecule has 29 heavy (non-hydrogen) atoms. The zero-order valence-corrected chi connectivity index (χ0v) is 17.8. The van der Waals surface area contributed by atoms with Crippen LogP contribution in [0.25, 0.3) is 15.9 Å². The molecule has 1 aliphatic rings. The minimum absolute atomic E-state index is 0.0443. The molecule has 1 saturated heterocycles. The molecule has 9 heteroatoms. The minimum atomic E-state index is -0.182. The molecule has 1 fully saturated rings. The molecule has 3 heterocycles. The number of morpholine rings is 1. The molecular weight excluding hydrogens is 412 g/mol. The lowest BCUT2D eigenvalue weighted by Crippen LogP contribution is -2.46. The summed E-state index contributed by atoms with van der Waals surface area (Å²) in [7, 11) is 1.65. The van der Waals surface area contributed by atoms with Gasteiger partial charge in [0, 0.05) is 25.5 Å². The minimum Gasteiger partial charge on any atom is -0.378 e. The van der Waals surface area contributed by atoms with Crippen LogP contribution in [0.15, 0.2) is 30.3 Å². The first-order chi connectivity index (χ1) is 14.0. The van der Waals surface area contributed by atoms with Crippen LogP contribution < -0.4 is 0 Å². The molecule has 0 bridgehead atoms. The first-order valence-electron chi connectivity index (χ1n) is 9.31. The normalized spacial score (nSPS) is 14.4. The van der Waals surface area contributed by atoms with E-state index in [-0.39, 0.29) is 18.4 Å². The standard InChI is InChI=1S/C20H21ClN4O3S/c1-13-14-11-17(19(27)23(2)12-18(26)24-7-9-28-10-8-24)29-20(14)25(22-13)16-6-4-3-5-15(16)21/h3-6,11H,7-10,12H2,1-2H3. The highest BCUT2D eigenvalue weighted by atomic mass is 35.5. The molecule has 3 aromatic rings. The SMILES string of the molecule is Cc1nn(-c2ccccc2Cl)c2sc(C(=O)N(C)CC(=O)N3CCOCC3)cc12. The number of rotatable bonds is 4. The summed E-state index contributed by atoms with van der Waals surface area (Å²) in [6, 6.07) is 9.30. The van der Waals surface area contributed by atoms with Gasteiger partial charge in [0.1, 0.15) is 4.83 Å². The molecule has 2 aromatic heterocycles. The van der Waals surface area contributed by atoms with Crippen LogP contribution in [0.5, 0.6) is 0 Å². The fourth-order valence-electron chi connectivity index (χ4n) is 3.31. The van der Waals surface area contributed by atoms with Crippen molar-refractivity contribution in [3.63, 3.8) is 0 Å². The van der Waals surface area contributed by atoms with Gasteiger partial charge in [0.2, 0.25) is 5.91 Å². The maximum Gasteiger partial charge on any atom is 0.264 e. The van der Waals surface area contributed by atoms with Gasteiger partial charge < -0.3 is 14.5 Å². The monoisotopic (exact) mass is 432 g/mol. The fraction of sp³-hybridized carbons (Fsp3) is 0.350. The number of aromatic nitrogens is 2. The molecule has 0 spiro atoms. The molecule has 4 rings (SSSR count). The van der Waals surface area contributed by atoms with Crippen LogP contribution in [0.4, 0.5) is 0 Å². The fourth-order valence-corrected chi connectivity index (χ4v) is 4.70. The molecule has 0 aliphatic carbocycles. The number of thiophene rings is 1. The number of benzene rings is 1. The van der Waals surface area contributed by atoms with Crippen molar-refractivity contribution in [1.82, 2.24) is 19.6 Å². The highest BCUT2D eigenvalue weighted by Crippen LogP contribution is 2.32. The van der Waals surface area contributed by atoms with Gasteiger partial charge in [0.15, 0.2) is 0 Å². The molecule has 152 valence electrons. The third-order valence-corrected chi connectivity index (χ3v) is 6.34. The van der Waals surface area contributed by atoms with Crippen molar-refractivity contribution in [1.29, 1.82) is 0 Å². The van der Waals surface area contributed by atoms with E-state index in [0.29, 0.717) is 36.2 Å². The maximum atomic E-state index is 12.9. The molecule has 0 atom stereocenters. The first-order valence-corrected chi connectivity index (χ1v) is 10.5. The number of amides is 2. The zero-order valence-electron chi connectivity index (χ0n) is 16.2. The lowest BCUT2D eigenvalue weighted by Gasteiger charge is -2.28. The quantitative estimate of drug-likeness (QED) is 0.635. The van der Waals surface area contributed by atoms with Crippen molar-refractivity contribution in [3.05, 3.63) is 45.9 Å². The Hall–Kier alpha value is -2.42. The Kier molecular flexibility index (Phi) is 5.58. The number of hydrogen-bond acceptors (Lipinski definition) is 5. The molecule has 0 unspecified atom stereocenters. The van der Waals surface area contributed by atoms with Crippen molar-refractivity contribution in [3.8, 4) is 5.69 Å². The molecule has 1 aliphatic heterocycles. The molecule has 2 amide bonds. The van der Waals surface area contributed by atoms with Crippen molar-refractivity contribution >= 4 is 45.0 Å². The summed E-state index contributed by atoms with van der Waals surface area (Å²) < 4.78 is 7.04. The summed E-state index contributed by atoms with van der Waals surface area (Å²) >= 11 is 7.69. The van der Waals surface area contributed by atoms with Crippen LogP contribution in [0.1, 0.15) is 15.4 Å². The summed E-state index contributed by atoms with van der Waals surface area (Å²) in [6.07, 6.45) is 0. The van der Waals surface area contributed by atoms with Gasteiger partial charge in [0.25, 0.3) is 5.91 Å².